The molecule has 1 aromatic carbocycles. The summed E-state index contributed by atoms with van der Waals surface area (Å²) < 4.78 is 4.78. The first kappa shape index (κ1) is 17.5. The van der Waals surface area contributed by atoms with E-state index in [0.29, 0.717) is 24.4 Å². The van der Waals surface area contributed by atoms with Gasteiger partial charge in [0.2, 0.25) is 5.91 Å². The van der Waals surface area contributed by atoms with Gasteiger partial charge in [0.1, 0.15) is 0 Å². The third-order valence-corrected chi connectivity index (χ3v) is 4.67. The minimum absolute atomic E-state index is 0.105. The molecule has 1 aromatic rings. The molecule has 0 aliphatic heterocycles. The number of benzene rings is 1. The summed E-state index contributed by atoms with van der Waals surface area (Å²) in [5.41, 5.74) is 7.14. The van der Waals surface area contributed by atoms with Gasteiger partial charge in [-0.05, 0) is 56.2 Å². The Bertz CT molecular complexity index is 537. The van der Waals surface area contributed by atoms with Crippen molar-refractivity contribution >= 4 is 11.9 Å². The molecule has 0 bridgehead atoms. The molecule has 1 amide bonds. The molecule has 0 heterocycles. The molecule has 1 aliphatic rings. The highest BCUT2D eigenvalue weighted by atomic mass is 16.5. The van der Waals surface area contributed by atoms with E-state index in [2.05, 4.69) is 5.32 Å². The Labute approximate surface area is 137 Å². The van der Waals surface area contributed by atoms with E-state index in [1.807, 2.05) is 18.2 Å². The molecule has 3 N–H and O–H groups in total. The predicted molar refractivity (Wildman–Crippen MR) is 89.0 cm³/mol. The zero-order valence-corrected chi connectivity index (χ0v) is 13.7. The van der Waals surface area contributed by atoms with Crippen LogP contribution in [0.2, 0.25) is 0 Å². The van der Waals surface area contributed by atoms with Crippen molar-refractivity contribution in [1.82, 2.24) is 5.32 Å². The first-order valence-electron chi connectivity index (χ1n) is 8.29. The average Bonchev–Trinajstić information content (AvgIpc) is 2.61. The number of hydrogen-bond acceptors (Lipinski definition) is 4. The van der Waals surface area contributed by atoms with Gasteiger partial charge in [-0.2, -0.15) is 0 Å². The summed E-state index contributed by atoms with van der Waals surface area (Å²) in [6, 6.07) is 7.34. The van der Waals surface area contributed by atoms with E-state index in [-0.39, 0.29) is 17.8 Å². The number of carbonyl (C=O) groups is 2. The van der Waals surface area contributed by atoms with Crippen LogP contribution in [-0.4, -0.2) is 32.1 Å². The maximum Gasteiger partial charge on any atom is 0.338 e. The van der Waals surface area contributed by atoms with Crippen LogP contribution in [0, 0.1) is 11.8 Å². The molecular formula is C18H26N2O3. The third-order valence-electron chi connectivity index (χ3n) is 4.67. The van der Waals surface area contributed by atoms with Gasteiger partial charge in [0.15, 0.2) is 0 Å². The van der Waals surface area contributed by atoms with Crippen molar-refractivity contribution in [2.45, 2.75) is 32.1 Å². The van der Waals surface area contributed by atoms with Crippen LogP contribution in [0.1, 0.15) is 41.6 Å². The molecule has 1 fully saturated rings. The summed E-state index contributed by atoms with van der Waals surface area (Å²) in [7, 11) is 1.37. The second-order valence-corrected chi connectivity index (χ2v) is 6.14. The Morgan fingerprint density at radius 3 is 2.57 bits per heavy atom. The van der Waals surface area contributed by atoms with Crippen molar-refractivity contribution in [3.63, 3.8) is 0 Å². The van der Waals surface area contributed by atoms with Crippen LogP contribution < -0.4 is 11.1 Å². The molecule has 2 rings (SSSR count). The van der Waals surface area contributed by atoms with Gasteiger partial charge in [0, 0.05) is 12.5 Å². The number of esters is 1. The van der Waals surface area contributed by atoms with E-state index >= 15 is 0 Å². The van der Waals surface area contributed by atoms with Crippen molar-refractivity contribution in [2.24, 2.45) is 17.6 Å². The van der Waals surface area contributed by atoms with Crippen LogP contribution in [0.5, 0.6) is 0 Å². The standard InChI is InChI=1S/C18H26N2O3/c1-23-18(22)16-5-3-2-4-14(16)10-11-20-17(21)15-8-6-13(12-19)7-9-15/h2-5,13,15H,6-12,19H2,1H3,(H,20,21). The largest absolute Gasteiger partial charge is 0.465 e. The number of nitrogens with two attached hydrogens (primary N) is 1. The minimum Gasteiger partial charge on any atom is -0.465 e. The molecule has 0 atom stereocenters. The van der Waals surface area contributed by atoms with Gasteiger partial charge in [-0.3, -0.25) is 4.79 Å². The van der Waals surface area contributed by atoms with Crippen LogP contribution in [-0.2, 0) is 16.0 Å². The number of ether oxygens (including phenoxy) is 1. The predicted octanol–water partition coefficient (Wildman–Crippen LogP) is 1.90. The fourth-order valence-corrected chi connectivity index (χ4v) is 3.17. The highest BCUT2D eigenvalue weighted by Gasteiger charge is 2.25. The lowest BCUT2D eigenvalue weighted by Crippen LogP contribution is -2.35. The van der Waals surface area contributed by atoms with Gasteiger partial charge >= 0.3 is 5.97 Å². The molecule has 0 saturated heterocycles. The van der Waals surface area contributed by atoms with Gasteiger partial charge in [0.25, 0.3) is 0 Å². The second-order valence-electron chi connectivity index (χ2n) is 6.14. The number of rotatable bonds is 6. The summed E-state index contributed by atoms with van der Waals surface area (Å²) >= 11 is 0. The van der Waals surface area contributed by atoms with E-state index in [0.717, 1.165) is 37.8 Å². The molecule has 23 heavy (non-hydrogen) atoms. The number of nitrogens with one attached hydrogen (secondary N) is 1. The molecule has 0 aromatic heterocycles. The molecule has 1 aliphatic carbocycles. The molecule has 0 unspecified atom stereocenters. The number of amides is 1. The number of methoxy groups -OCH3 is 1. The van der Waals surface area contributed by atoms with Crippen LogP contribution >= 0.6 is 0 Å². The van der Waals surface area contributed by atoms with Crippen LogP contribution in [0.15, 0.2) is 24.3 Å². The maximum absolute atomic E-state index is 12.2. The molecular weight excluding hydrogens is 292 g/mol. The third kappa shape index (κ3) is 4.79. The van der Waals surface area contributed by atoms with Gasteiger partial charge in [-0.1, -0.05) is 18.2 Å². The smallest absolute Gasteiger partial charge is 0.338 e. The fourth-order valence-electron chi connectivity index (χ4n) is 3.17. The summed E-state index contributed by atoms with van der Waals surface area (Å²) in [6.45, 7) is 1.25. The summed E-state index contributed by atoms with van der Waals surface area (Å²) in [6.07, 6.45) is 4.55. The van der Waals surface area contributed by atoms with Crippen LogP contribution in [0.25, 0.3) is 0 Å². The van der Waals surface area contributed by atoms with Gasteiger partial charge in [-0.25, -0.2) is 4.79 Å². The Hall–Kier alpha value is -1.88. The summed E-state index contributed by atoms with van der Waals surface area (Å²) in [4.78, 5) is 23.9. The lowest BCUT2D eigenvalue weighted by atomic mass is 9.81. The summed E-state index contributed by atoms with van der Waals surface area (Å²) in [5.74, 6) is 0.461. The van der Waals surface area contributed by atoms with Crippen LogP contribution in [0.3, 0.4) is 0 Å². The quantitative estimate of drug-likeness (QED) is 0.785. The highest BCUT2D eigenvalue weighted by molar-refractivity contribution is 5.91. The fraction of sp³-hybridized carbons (Fsp3) is 0.556. The molecule has 5 heteroatoms. The monoisotopic (exact) mass is 318 g/mol. The Morgan fingerprint density at radius 2 is 1.91 bits per heavy atom. The lowest BCUT2D eigenvalue weighted by Gasteiger charge is -2.26. The van der Waals surface area contributed by atoms with E-state index < -0.39 is 0 Å². The van der Waals surface area contributed by atoms with Crippen molar-refractivity contribution in [3.8, 4) is 0 Å². The minimum atomic E-state index is -0.341. The van der Waals surface area contributed by atoms with E-state index in [4.69, 9.17) is 10.5 Å². The zero-order chi connectivity index (χ0) is 16.7. The van der Waals surface area contributed by atoms with Crippen LogP contribution in [0.4, 0.5) is 0 Å². The normalized spacial score (nSPS) is 20.8. The topological polar surface area (TPSA) is 81.4 Å². The average molecular weight is 318 g/mol. The molecule has 0 radical (unpaired) electrons. The second kappa shape index (κ2) is 8.67. The molecule has 1 saturated carbocycles. The molecule has 126 valence electrons. The van der Waals surface area contributed by atoms with Gasteiger partial charge in [-0.15, -0.1) is 0 Å². The van der Waals surface area contributed by atoms with Gasteiger partial charge in [0.05, 0.1) is 12.7 Å². The molecule has 5 nitrogen and oxygen atoms in total. The Balaban J connectivity index is 1.81. The Morgan fingerprint density at radius 1 is 1.22 bits per heavy atom. The number of hydrogen-bond donors (Lipinski definition) is 2. The summed E-state index contributed by atoms with van der Waals surface area (Å²) in [5, 5.41) is 3.00. The van der Waals surface area contributed by atoms with E-state index in [9.17, 15) is 9.59 Å². The lowest BCUT2D eigenvalue weighted by molar-refractivity contribution is -0.126. The van der Waals surface area contributed by atoms with Crippen molar-refractivity contribution in [2.75, 3.05) is 20.2 Å². The maximum atomic E-state index is 12.2. The van der Waals surface area contributed by atoms with Crippen molar-refractivity contribution in [3.05, 3.63) is 35.4 Å². The SMILES string of the molecule is COC(=O)c1ccccc1CCNC(=O)C1CCC(CN)CC1. The van der Waals surface area contributed by atoms with E-state index in [1.54, 1.807) is 6.07 Å². The van der Waals surface area contributed by atoms with E-state index in [1.165, 1.54) is 7.11 Å². The molecule has 0 spiro atoms. The first-order valence-corrected chi connectivity index (χ1v) is 8.29. The zero-order valence-electron chi connectivity index (χ0n) is 13.7. The first-order chi connectivity index (χ1) is 11.2. The van der Waals surface area contributed by atoms with Crippen molar-refractivity contribution < 1.29 is 14.3 Å². The highest BCUT2D eigenvalue weighted by Crippen LogP contribution is 2.28. The van der Waals surface area contributed by atoms with Crippen molar-refractivity contribution in [1.29, 1.82) is 0 Å². The Kier molecular flexibility index (Phi) is 6.59. The van der Waals surface area contributed by atoms with Gasteiger partial charge < -0.3 is 15.8 Å². The number of carbonyl (C=O) groups excluding carboxylic acids is 2.